The predicted octanol–water partition coefficient (Wildman–Crippen LogP) is 0.462. The summed E-state index contributed by atoms with van der Waals surface area (Å²) in [5.74, 6) is 0. The molecule has 1 heterocycles. The molecule has 0 saturated carbocycles. The highest BCUT2D eigenvalue weighted by Crippen LogP contribution is 2.22. The average molecular weight is 215 g/mol. The first-order chi connectivity index (χ1) is 7.74. The molecule has 4 heteroatoms. The van der Waals surface area contributed by atoms with E-state index in [-0.39, 0.29) is 6.04 Å². The van der Waals surface area contributed by atoms with E-state index in [9.17, 15) is 9.59 Å². The zero-order valence-electron chi connectivity index (χ0n) is 9.35. The van der Waals surface area contributed by atoms with Crippen LogP contribution in [0.25, 0.3) is 0 Å². The Morgan fingerprint density at radius 2 is 2.19 bits per heavy atom. The number of carbonyl (C=O) groups excluding carboxylic acids is 2. The summed E-state index contributed by atoms with van der Waals surface area (Å²) in [6.45, 7) is 2.74. The van der Waals surface area contributed by atoms with Crippen LogP contribution in [0, 0.1) is 6.92 Å². The molecule has 0 saturated heterocycles. The third-order valence-corrected chi connectivity index (χ3v) is 3.10. The Balaban J connectivity index is 2.29. The first-order valence-corrected chi connectivity index (χ1v) is 5.46. The van der Waals surface area contributed by atoms with Gasteiger partial charge >= 0.3 is 0 Å². The molecule has 0 aliphatic carbocycles. The van der Waals surface area contributed by atoms with Crippen LogP contribution in [0.5, 0.6) is 0 Å². The molecule has 16 heavy (non-hydrogen) atoms. The normalized spacial score (nSPS) is 19.9. The first-order valence-electron chi connectivity index (χ1n) is 5.46. The zero-order valence-corrected chi connectivity index (χ0v) is 9.35. The maximum Gasteiger partial charge on any atom is 0.281 e. The van der Waals surface area contributed by atoms with Gasteiger partial charge in [0.05, 0.1) is 12.2 Å². The molecule has 0 N–H and O–H groups in total. The Kier molecular flexibility index (Phi) is 3.20. The summed E-state index contributed by atoms with van der Waals surface area (Å²) in [7, 11) is 0.330. The van der Waals surface area contributed by atoms with Gasteiger partial charge in [0.15, 0.2) is 0 Å². The lowest BCUT2D eigenvalue weighted by Crippen LogP contribution is -2.44. The molecule has 0 unspecified atom stereocenters. The lowest BCUT2D eigenvalue weighted by Gasteiger charge is -2.32. The summed E-state index contributed by atoms with van der Waals surface area (Å²) in [6.07, 6.45) is 2.51. The number of benzene rings is 1. The summed E-state index contributed by atoms with van der Waals surface area (Å²) < 4.78 is 0. The van der Waals surface area contributed by atoms with Crippen LogP contribution >= 0.6 is 0 Å². The van der Waals surface area contributed by atoms with Crippen LogP contribution in [0.15, 0.2) is 18.2 Å². The summed E-state index contributed by atoms with van der Waals surface area (Å²) in [6, 6.07) is 6.13. The molecule has 2 rings (SSSR count). The van der Waals surface area contributed by atoms with Crippen molar-refractivity contribution in [3.05, 3.63) is 34.9 Å². The smallest absolute Gasteiger partial charge is 0.281 e. The molecular weight excluding hydrogens is 201 g/mol. The van der Waals surface area contributed by atoms with Crippen LogP contribution in [-0.4, -0.2) is 30.7 Å². The van der Waals surface area contributed by atoms with Crippen molar-refractivity contribution in [3.8, 4) is 0 Å². The summed E-state index contributed by atoms with van der Waals surface area (Å²) in [5.41, 5.74) is 3.68. The fourth-order valence-electron chi connectivity index (χ4n) is 2.22. The highest BCUT2D eigenvalue weighted by atomic mass is 16.1. The second-order valence-corrected chi connectivity index (χ2v) is 4.28. The van der Waals surface area contributed by atoms with E-state index in [1.54, 1.807) is 0 Å². The molecule has 0 spiro atoms. The number of aldehydes is 1. The van der Waals surface area contributed by atoms with Crippen LogP contribution in [0.1, 0.15) is 16.7 Å². The molecule has 3 nitrogen and oxygen atoms in total. The largest absolute Gasteiger partial charge is 0.326 e. The molecule has 0 radical (unpaired) electrons. The van der Waals surface area contributed by atoms with Crippen LogP contribution in [-0.2, 0) is 22.6 Å². The van der Waals surface area contributed by atoms with Gasteiger partial charge in [-0.25, -0.2) is 0 Å². The lowest BCUT2D eigenvalue weighted by atomic mass is 9.84. The van der Waals surface area contributed by atoms with E-state index in [4.69, 9.17) is 0 Å². The minimum atomic E-state index is -0.153. The van der Waals surface area contributed by atoms with Crippen molar-refractivity contribution >= 4 is 19.9 Å². The van der Waals surface area contributed by atoms with Crippen LogP contribution < -0.4 is 0 Å². The standard InChI is InChI=1S/C12H14BNO2/c1-9-2-3-10-6-14(13-8-16)12(7-15)5-11(10)4-9/h2-4,7-8,12-13H,5-6H2,1H3/t12-/m0/s1. The van der Waals surface area contributed by atoms with Crippen molar-refractivity contribution in [1.82, 2.24) is 4.81 Å². The molecule has 1 aromatic rings. The topological polar surface area (TPSA) is 37.4 Å². The number of nitrogens with zero attached hydrogens (tertiary/aromatic N) is 1. The number of hydrogen-bond donors (Lipinski definition) is 0. The minimum Gasteiger partial charge on any atom is -0.326 e. The van der Waals surface area contributed by atoms with Crippen molar-refractivity contribution in [2.45, 2.75) is 25.9 Å². The van der Waals surface area contributed by atoms with Gasteiger partial charge in [0, 0.05) is 6.54 Å². The monoisotopic (exact) mass is 215 g/mol. The SMILES string of the molecule is Cc1ccc2c(c1)C[C@@H](C=O)N(BC=O)C2. The number of carbonyl (C=O) groups is 2. The Bertz CT molecular complexity index is 419. The van der Waals surface area contributed by atoms with E-state index in [1.165, 1.54) is 16.7 Å². The number of hydrogen-bond acceptors (Lipinski definition) is 3. The third-order valence-electron chi connectivity index (χ3n) is 3.10. The van der Waals surface area contributed by atoms with Gasteiger partial charge in [-0.2, -0.15) is 0 Å². The molecule has 1 aliphatic heterocycles. The van der Waals surface area contributed by atoms with E-state index in [1.807, 2.05) is 11.7 Å². The van der Waals surface area contributed by atoms with Gasteiger partial charge in [0.25, 0.3) is 7.41 Å². The van der Waals surface area contributed by atoms with Gasteiger partial charge in [-0.1, -0.05) is 23.8 Å². The average Bonchev–Trinajstić information content (AvgIpc) is 2.29. The summed E-state index contributed by atoms with van der Waals surface area (Å²) in [5, 5.41) is 0. The van der Waals surface area contributed by atoms with E-state index in [0.717, 1.165) is 12.5 Å². The Morgan fingerprint density at radius 1 is 1.38 bits per heavy atom. The van der Waals surface area contributed by atoms with E-state index < -0.39 is 0 Å². The molecular formula is C12H14BNO2. The molecule has 1 aromatic carbocycles. The van der Waals surface area contributed by atoms with Gasteiger partial charge in [-0.15, -0.1) is 0 Å². The predicted molar refractivity (Wildman–Crippen MR) is 64.2 cm³/mol. The van der Waals surface area contributed by atoms with Gasteiger partial charge in [0.2, 0.25) is 0 Å². The third kappa shape index (κ3) is 2.07. The van der Waals surface area contributed by atoms with Crippen molar-refractivity contribution in [2.75, 3.05) is 0 Å². The Morgan fingerprint density at radius 3 is 2.88 bits per heavy atom. The lowest BCUT2D eigenvalue weighted by molar-refractivity contribution is -0.111. The number of rotatable bonds is 3. The maximum atomic E-state index is 11.0. The van der Waals surface area contributed by atoms with Crippen molar-refractivity contribution in [1.29, 1.82) is 0 Å². The van der Waals surface area contributed by atoms with E-state index >= 15 is 0 Å². The Labute approximate surface area is 95.7 Å². The molecule has 82 valence electrons. The highest BCUT2D eigenvalue weighted by Gasteiger charge is 2.25. The minimum absolute atomic E-state index is 0.153. The molecule has 0 amide bonds. The number of aryl methyl sites for hydroxylation is 1. The van der Waals surface area contributed by atoms with E-state index in [2.05, 4.69) is 18.2 Å². The van der Waals surface area contributed by atoms with Crippen LogP contribution in [0.4, 0.5) is 0 Å². The van der Waals surface area contributed by atoms with Gasteiger partial charge in [0.1, 0.15) is 6.29 Å². The summed E-state index contributed by atoms with van der Waals surface area (Å²) in [4.78, 5) is 23.4. The molecule has 0 aromatic heterocycles. The van der Waals surface area contributed by atoms with Crippen LogP contribution in [0.2, 0.25) is 0 Å². The molecule has 1 aliphatic rings. The van der Waals surface area contributed by atoms with Crippen molar-refractivity contribution in [3.63, 3.8) is 0 Å². The second-order valence-electron chi connectivity index (χ2n) is 4.28. The molecule has 1 atom stereocenters. The highest BCUT2D eigenvalue weighted by molar-refractivity contribution is 6.64. The first kappa shape index (κ1) is 11.1. The maximum absolute atomic E-state index is 11.0. The van der Waals surface area contributed by atoms with Gasteiger partial charge < -0.3 is 14.4 Å². The van der Waals surface area contributed by atoms with Crippen molar-refractivity contribution in [2.24, 2.45) is 0 Å². The molecule has 0 bridgehead atoms. The Hall–Kier alpha value is -1.42. The van der Waals surface area contributed by atoms with Gasteiger partial charge in [-0.05, 0) is 24.5 Å². The van der Waals surface area contributed by atoms with Gasteiger partial charge in [-0.3, -0.25) is 0 Å². The fourth-order valence-corrected chi connectivity index (χ4v) is 2.22. The quantitative estimate of drug-likeness (QED) is 0.543. The number of fused-ring (bicyclic) bond motifs is 1. The molecule has 0 fully saturated rings. The fraction of sp³-hybridized carbons (Fsp3) is 0.333. The summed E-state index contributed by atoms with van der Waals surface area (Å²) >= 11 is 0. The van der Waals surface area contributed by atoms with Crippen molar-refractivity contribution < 1.29 is 9.59 Å². The zero-order chi connectivity index (χ0) is 11.5. The van der Waals surface area contributed by atoms with E-state index in [0.29, 0.717) is 20.4 Å². The second kappa shape index (κ2) is 4.62. The van der Waals surface area contributed by atoms with Crippen LogP contribution in [0.3, 0.4) is 0 Å².